The fraction of sp³-hybridized carbons (Fsp3) is 0. The number of nitrogens with zero attached hydrogens (tertiary/aromatic N) is 1. The van der Waals surface area contributed by atoms with Crippen LogP contribution in [0.4, 0.5) is 17.1 Å². The minimum Gasteiger partial charge on any atom is -0.456 e. The molecule has 9 rings (SSSR count). The number of hydrogen-bond acceptors (Lipinski definition) is 2. The van der Waals surface area contributed by atoms with Gasteiger partial charge in [-0.15, -0.1) is 0 Å². The molecule has 2 nitrogen and oxygen atoms in total. The number of para-hydroxylation sites is 3. The summed E-state index contributed by atoms with van der Waals surface area (Å²) in [7, 11) is 0. The third kappa shape index (κ3) is 5.43. The van der Waals surface area contributed by atoms with E-state index in [1.165, 1.54) is 27.8 Å². The van der Waals surface area contributed by atoms with Crippen molar-refractivity contribution in [3.8, 4) is 44.5 Å². The summed E-state index contributed by atoms with van der Waals surface area (Å²) in [5.74, 6) is 0. The van der Waals surface area contributed by atoms with Crippen LogP contribution in [0.1, 0.15) is 0 Å². The van der Waals surface area contributed by atoms with Crippen LogP contribution in [0.25, 0.3) is 66.4 Å². The summed E-state index contributed by atoms with van der Waals surface area (Å²) in [5.41, 5.74) is 14.5. The van der Waals surface area contributed by atoms with E-state index in [4.69, 9.17) is 4.42 Å². The fourth-order valence-corrected chi connectivity index (χ4v) is 7.10. The number of hydrogen-bond donors (Lipinski definition) is 0. The van der Waals surface area contributed by atoms with Gasteiger partial charge in [-0.1, -0.05) is 133 Å². The zero-order valence-electron chi connectivity index (χ0n) is 27.4. The van der Waals surface area contributed by atoms with E-state index in [9.17, 15) is 0 Å². The average Bonchev–Trinajstić information content (AvgIpc) is 3.57. The molecule has 0 spiro atoms. The van der Waals surface area contributed by atoms with Crippen LogP contribution in [0.15, 0.2) is 205 Å². The number of furan rings is 1. The molecule has 0 aliphatic heterocycles. The van der Waals surface area contributed by atoms with E-state index in [0.29, 0.717) is 0 Å². The fourth-order valence-electron chi connectivity index (χ4n) is 7.10. The lowest BCUT2D eigenvalue weighted by Gasteiger charge is -2.25. The highest BCUT2D eigenvalue weighted by Crippen LogP contribution is 2.45. The zero-order valence-corrected chi connectivity index (χ0v) is 27.4. The van der Waals surface area contributed by atoms with Crippen LogP contribution in [0.5, 0.6) is 0 Å². The number of anilines is 3. The quantitative estimate of drug-likeness (QED) is 0.173. The maximum Gasteiger partial charge on any atom is 0.136 e. The molecule has 0 amide bonds. The van der Waals surface area contributed by atoms with Crippen molar-refractivity contribution in [3.05, 3.63) is 200 Å². The molecule has 0 saturated heterocycles. The van der Waals surface area contributed by atoms with Crippen LogP contribution in [0.3, 0.4) is 0 Å². The highest BCUT2D eigenvalue weighted by Gasteiger charge is 2.19. The van der Waals surface area contributed by atoms with Gasteiger partial charge in [0.15, 0.2) is 0 Å². The Morgan fingerprint density at radius 2 is 0.760 bits per heavy atom. The Morgan fingerprint density at radius 1 is 0.300 bits per heavy atom. The summed E-state index contributed by atoms with van der Waals surface area (Å²) in [6.45, 7) is 0. The van der Waals surface area contributed by atoms with E-state index in [2.05, 4.69) is 193 Å². The van der Waals surface area contributed by atoms with Crippen molar-refractivity contribution in [1.29, 1.82) is 0 Å². The molecular formula is C48H33NO. The van der Waals surface area contributed by atoms with Gasteiger partial charge < -0.3 is 9.32 Å². The van der Waals surface area contributed by atoms with Crippen LogP contribution >= 0.6 is 0 Å². The molecule has 0 atom stereocenters. The first-order valence-corrected chi connectivity index (χ1v) is 17.0. The molecule has 0 aliphatic rings. The highest BCUT2D eigenvalue weighted by atomic mass is 16.3. The minimum atomic E-state index is 0.891. The third-order valence-electron chi connectivity index (χ3n) is 9.46. The molecular weight excluding hydrogens is 607 g/mol. The molecule has 1 aromatic heterocycles. The van der Waals surface area contributed by atoms with E-state index < -0.39 is 0 Å². The lowest BCUT2D eigenvalue weighted by atomic mass is 9.84. The first-order valence-electron chi connectivity index (χ1n) is 17.0. The van der Waals surface area contributed by atoms with Gasteiger partial charge in [-0.2, -0.15) is 0 Å². The molecule has 0 aliphatic carbocycles. The van der Waals surface area contributed by atoms with Gasteiger partial charge in [0.1, 0.15) is 11.2 Å². The first kappa shape index (κ1) is 29.5. The van der Waals surface area contributed by atoms with Crippen molar-refractivity contribution in [2.45, 2.75) is 0 Å². The molecule has 236 valence electrons. The molecule has 50 heavy (non-hydrogen) atoms. The minimum absolute atomic E-state index is 0.891. The van der Waals surface area contributed by atoms with Gasteiger partial charge in [0.25, 0.3) is 0 Å². The summed E-state index contributed by atoms with van der Waals surface area (Å²) in [4.78, 5) is 2.30. The van der Waals surface area contributed by atoms with Gasteiger partial charge >= 0.3 is 0 Å². The van der Waals surface area contributed by atoms with Gasteiger partial charge in [0.2, 0.25) is 0 Å². The predicted octanol–water partition coefficient (Wildman–Crippen LogP) is 13.7. The molecule has 0 unspecified atom stereocenters. The Kier molecular flexibility index (Phi) is 7.53. The smallest absolute Gasteiger partial charge is 0.136 e. The van der Waals surface area contributed by atoms with E-state index in [1.807, 2.05) is 12.1 Å². The Hall–Kier alpha value is -6.64. The maximum atomic E-state index is 6.39. The lowest BCUT2D eigenvalue weighted by Crippen LogP contribution is -2.09. The second-order valence-electron chi connectivity index (χ2n) is 12.5. The number of benzene rings is 8. The van der Waals surface area contributed by atoms with Crippen LogP contribution in [0, 0.1) is 0 Å². The third-order valence-corrected chi connectivity index (χ3v) is 9.46. The zero-order chi connectivity index (χ0) is 33.3. The molecule has 0 N–H and O–H groups in total. The standard InChI is InChI=1S/C48H33NO/c1-5-15-35(16-6-1)44-31-38(34-25-28-41(29-26-34)49(39-19-9-3-10-20-39)40-21-11-4-12-22-40)32-45(36-17-7-2-8-18-36)48(44)37-27-30-43-42-23-13-14-24-46(42)50-47(43)33-37/h1-33H. The van der Waals surface area contributed by atoms with Crippen molar-refractivity contribution in [2.75, 3.05) is 4.90 Å². The Balaban J connectivity index is 1.23. The molecule has 0 bridgehead atoms. The molecule has 0 radical (unpaired) electrons. The lowest BCUT2D eigenvalue weighted by molar-refractivity contribution is 0.669. The topological polar surface area (TPSA) is 16.4 Å². The van der Waals surface area contributed by atoms with Crippen molar-refractivity contribution < 1.29 is 4.42 Å². The Labute approximate surface area is 292 Å². The molecule has 0 saturated carbocycles. The molecule has 2 heteroatoms. The van der Waals surface area contributed by atoms with Crippen LogP contribution in [0.2, 0.25) is 0 Å². The molecule has 8 aromatic carbocycles. The van der Waals surface area contributed by atoms with E-state index in [1.54, 1.807) is 0 Å². The average molecular weight is 640 g/mol. The van der Waals surface area contributed by atoms with Crippen molar-refractivity contribution in [2.24, 2.45) is 0 Å². The van der Waals surface area contributed by atoms with Gasteiger partial charge in [-0.25, -0.2) is 0 Å². The van der Waals surface area contributed by atoms with Gasteiger partial charge in [0, 0.05) is 27.8 Å². The van der Waals surface area contributed by atoms with Crippen LogP contribution in [-0.2, 0) is 0 Å². The number of rotatable bonds is 7. The Morgan fingerprint density at radius 3 is 1.34 bits per heavy atom. The SMILES string of the molecule is c1ccc(-c2cc(-c3ccc(N(c4ccccc4)c4ccccc4)cc3)cc(-c3ccccc3)c2-c2ccc3c(c2)oc2ccccc23)cc1. The normalized spacial score (nSPS) is 11.2. The summed E-state index contributed by atoms with van der Waals surface area (Å²) >= 11 is 0. The molecule has 1 heterocycles. The maximum absolute atomic E-state index is 6.39. The van der Waals surface area contributed by atoms with Crippen LogP contribution in [-0.4, -0.2) is 0 Å². The Bertz CT molecular complexity index is 2450. The van der Waals surface area contributed by atoms with Crippen molar-refractivity contribution in [3.63, 3.8) is 0 Å². The molecule has 0 fully saturated rings. The van der Waals surface area contributed by atoms with E-state index in [-0.39, 0.29) is 0 Å². The second-order valence-corrected chi connectivity index (χ2v) is 12.5. The van der Waals surface area contributed by atoms with Gasteiger partial charge in [-0.05, 0) is 111 Å². The van der Waals surface area contributed by atoms with Gasteiger partial charge in [-0.3, -0.25) is 0 Å². The highest BCUT2D eigenvalue weighted by molar-refractivity contribution is 6.07. The monoisotopic (exact) mass is 639 g/mol. The van der Waals surface area contributed by atoms with Crippen LogP contribution < -0.4 is 4.90 Å². The largest absolute Gasteiger partial charge is 0.456 e. The van der Waals surface area contributed by atoms with Crippen molar-refractivity contribution in [1.82, 2.24) is 0 Å². The first-order chi connectivity index (χ1) is 24.8. The summed E-state index contributed by atoms with van der Waals surface area (Å²) in [6.07, 6.45) is 0. The summed E-state index contributed by atoms with van der Waals surface area (Å²) in [5, 5.41) is 2.26. The second kappa shape index (κ2) is 12.8. The molecule has 9 aromatic rings. The van der Waals surface area contributed by atoms with Crippen molar-refractivity contribution >= 4 is 39.0 Å². The van der Waals surface area contributed by atoms with E-state index in [0.717, 1.165) is 55.7 Å². The predicted molar refractivity (Wildman–Crippen MR) is 210 cm³/mol. The summed E-state index contributed by atoms with van der Waals surface area (Å²) < 4.78 is 6.39. The number of fused-ring (bicyclic) bond motifs is 3. The van der Waals surface area contributed by atoms with E-state index >= 15 is 0 Å². The van der Waals surface area contributed by atoms with Gasteiger partial charge in [0.05, 0.1) is 0 Å². The summed E-state index contributed by atoms with van der Waals surface area (Å²) in [6, 6.07) is 71.1.